The van der Waals surface area contributed by atoms with E-state index >= 15 is 0 Å². The number of hydrogen-bond acceptors (Lipinski definition) is 1. The topological polar surface area (TPSA) is 32.9 Å². The second-order valence-electron chi connectivity index (χ2n) is 2.31. The van der Waals surface area contributed by atoms with Crippen LogP contribution < -0.4 is 5.56 Å². The van der Waals surface area contributed by atoms with Gasteiger partial charge in [-0.1, -0.05) is 0 Å². The number of hydrogen-bond donors (Lipinski definition) is 1. The molecule has 1 aromatic heterocycles. The van der Waals surface area contributed by atoms with Crippen LogP contribution in [-0.4, -0.2) is 4.98 Å². The molecule has 0 bridgehead atoms. The third kappa shape index (κ3) is 1.55. The Kier molecular flexibility index (Phi) is 2.62. The second kappa shape index (κ2) is 3.35. The van der Waals surface area contributed by atoms with Crippen molar-refractivity contribution < 1.29 is 8.78 Å². The maximum Gasteiger partial charge on any atom is 0.266 e. The third-order valence-corrected chi connectivity index (χ3v) is 2.57. The van der Waals surface area contributed by atoms with Crippen molar-refractivity contribution in [1.82, 2.24) is 4.98 Å². The number of halogens is 3. The summed E-state index contributed by atoms with van der Waals surface area (Å²) in [7, 11) is 0. The summed E-state index contributed by atoms with van der Waals surface area (Å²) in [6.07, 6.45) is -1.56. The number of nitrogens with one attached hydrogen (secondary N) is 1. The summed E-state index contributed by atoms with van der Waals surface area (Å²) in [5.74, 6) is 0. The molecule has 1 N–H and O–H groups in total. The van der Waals surface area contributed by atoms with Gasteiger partial charge in [0.25, 0.3) is 12.0 Å². The number of H-pyrrole nitrogens is 1. The lowest BCUT2D eigenvalue weighted by molar-refractivity contribution is 0.150. The molecule has 0 spiro atoms. The molecule has 5 heteroatoms. The van der Waals surface area contributed by atoms with Crippen LogP contribution >= 0.6 is 15.9 Å². The first kappa shape index (κ1) is 9.38. The molecular formula is C7H6BrF2NO. The highest BCUT2D eigenvalue weighted by Crippen LogP contribution is 2.26. The maximum atomic E-state index is 12.2. The zero-order valence-corrected chi connectivity index (χ0v) is 7.78. The lowest BCUT2D eigenvalue weighted by Gasteiger charge is -2.03. The average Bonchev–Trinajstić information content (AvgIpc) is 2.00. The summed E-state index contributed by atoms with van der Waals surface area (Å²) >= 11 is 2.93. The zero-order chi connectivity index (χ0) is 9.30. The Balaban J connectivity index is 3.36. The predicted octanol–water partition coefficient (Wildman–Crippen LogP) is 2.38. The van der Waals surface area contributed by atoms with Crippen LogP contribution in [0.2, 0.25) is 0 Å². The molecule has 0 radical (unpaired) electrons. The van der Waals surface area contributed by atoms with Crippen molar-refractivity contribution in [3.63, 3.8) is 0 Å². The molecule has 2 nitrogen and oxygen atoms in total. The summed E-state index contributed by atoms with van der Waals surface area (Å²) in [6.45, 7) is 1.48. The fourth-order valence-corrected chi connectivity index (χ4v) is 1.26. The lowest BCUT2D eigenvalue weighted by atomic mass is 10.2. The highest BCUT2D eigenvalue weighted by Gasteiger charge is 2.14. The molecule has 0 amide bonds. The highest BCUT2D eigenvalue weighted by atomic mass is 79.9. The third-order valence-electron chi connectivity index (χ3n) is 1.52. The Bertz CT molecular complexity index is 348. The Morgan fingerprint density at radius 2 is 2.17 bits per heavy atom. The second-order valence-corrected chi connectivity index (χ2v) is 3.11. The minimum atomic E-state index is -2.57. The van der Waals surface area contributed by atoms with E-state index < -0.39 is 6.43 Å². The van der Waals surface area contributed by atoms with Crippen molar-refractivity contribution in [2.24, 2.45) is 0 Å². The monoisotopic (exact) mass is 237 g/mol. The molecule has 66 valence electrons. The van der Waals surface area contributed by atoms with Crippen molar-refractivity contribution in [2.75, 3.05) is 0 Å². The van der Waals surface area contributed by atoms with Gasteiger partial charge in [0.1, 0.15) is 0 Å². The van der Waals surface area contributed by atoms with E-state index in [4.69, 9.17) is 0 Å². The Hall–Kier alpha value is -0.710. The quantitative estimate of drug-likeness (QED) is 0.800. The van der Waals surface area contributed by atoms with Gasteiger partial charge in [0.05, 0.1) is 0 Å². The summed E-state index contributed by atoms with van der Waals surface area (Å²) in [5, 5.41) is 0. The molecule has 0 unspecified atom stereocenters. The van der Waals surface area contributed by atoms with Crippen molar-refractivity contribution in [2.45, 2.75) is 13.3 Å². The van der Waals surface area contributed by atoms with Crippen molar-refractivity contribution in [3.8, 4) is 0 Å². The first-order valence-corrected chi connectivity index (χ1v) is 3.99. The highest BCUT2D eigenvalue weighted by molar-refractivity contribution is 9.10. The molecule has 0 saturated heterocycles. The largest absolute Gasteiger partial charge is 0.328 e. The number of aromatic nitrogens is 1. The van der Waals surface area contributed by atoms with E-state index in [1.54, 1.807) is 0 Å². The van der Waals surface area contributed by atoms with Crippen molar-refractivity contribution in [3.05, 3.63) is 32.2 Å². The molecule has 0 saturated carbocycles. The first-order valence-electron chi connectivity index (χ1n) is 3.20. The minimum absolute atomic E-state index is 0.182. The van der Waals surface area contributed by atoms with Crippen LogP contribution in [0.1, 0.15) is 17.6 Å². The summed E-state index contributed by atoms with van der Waals surface area (Å²) in [4.78, 5) is 13.1. The van der Waals surface area contributed by atoms with E-state index in [1.807, 2.05) is 0 Å². The van der Waals surface area contributed by atoms with Gasteiger partial charge in [0, 0.05) is 21.8 Å². The molecule has 0 fully saturated rings. The van der Waals surface area contributed by atoms with Crippen LogP contribution in [0.5, 0.6) is 0 Å². The van der Waals surface area contributed by atoms with Crippen molar-refractivity contribution >= 4 is 15.9 Å². The van der Waals surface area contributed by atoms with E-state index in [-0.39, 0.29) is 21.2 Å². The maximum absolute atomic E-state index is 12.2. The van der Waals surface area contributed by atoms with E-state index in [1.165, 1.54) is 6.92 Å². The standard InChI is InChI=1S/C7H6BrF2NO/c1-3-5(8)4(6(9)10)2-11-7(3)12/h2,6H,1H3,(H,11,12). The van der Waals surface area contributed by atoms with E-state index in [0.717, 1.165) is 6.20 Å². The van der Waals surface area contributed by atoms with Crippen LogP contribution in [0.4, 0.5) is 8.78 Å². The molecular weight excluding hydrogens is 232 g/mol. The molecule has 0 aliphatic rings. The SMILES string of the molecule is Cc1c(Br)c(C(F)F)c[nH]c1=O. The van der Waals surface area contributed by atoms with Crippen LogP contribution in [0, 0.1) is 6.92 Å². The fraction of sp³-hybridized carbons (Fsp3) is 0.286. The van der Waals surface area contributed by atoms with E-state index in [0.29, 0.717) is 0 Å². The van der Waals surface area contributed by atoms with Crippen LogP contribution in [0.15, 0.2) is 15.5 Å². The van der Waals surface area contributed by atoms with Gasteiger partial charge in [-0.3, -0.25) is 4.79 Å². The van der Waals surface area contributed by atoms with Crippen LogP contribution in [0.3, 0.4) is 0 Å². The molecule has 1 heterocycles. The molecule has 0 atom stereocenters. The normalized spacial score (nSPS) is 10.8. The molecule has 0 aliphatic heterocycles. The Morgan fingerprint density at radius 3 is 2.67 bits per heavy atom. The lowest BCUT2D eigenvalue weighted by Crippen LogP contribution is -2.11. The van der Waals surface area contributed by atoms with Gasteiger partial charge in [-0.15, -0.1) is 0 Å². The van der Waals surface area contributed by atoms with Crippen LogP contribution in [-0.2, 0) is 0 Å². The zero-order valence-electron chi connectivity index (χ0n) is 6.20. The van der Waals surface area contributed by atoms with Gasteiger partial charge in [-0.2, -0.15) is 0 Å². The summed E-state index contributed by atoms with van der Waals surface area (Å²) in [5.41, 5.74) is -0.272. The Morgan fingerprint density at radius 1 is 1.58 bits per heavy atom. The molecule has 0 aliphatic carbocycles. The van der Waals surface area contributed by atoms with Gasteiger partial charge >= 0.3 is 0 Å². The summed E-state index contributed by atoms with van der Waals surface area (Å²) < 4.78 is 24.6. The van der Waals surface area contributed by atoms with E-state index in [9.17, 15) is 13.6 Å². The first-order chi connectivity index (χ1) is 5.54. The van der Waals surface area contributed by atoms with Gasteiger partial charge in [-0.25, -0.2) is 8.78 Å². The van der Waals surface area contributed by atoms with Crippen molar-refractivity contribution in [1.29, 1.82) is 0 Å². The summed E-state index contributed by atoms with van der Waals surface area (Å²) in [6, 6.07) is 0. The van der Waals surface area contributed by atoms with Gasteiger partial charge < -0.3 is 4.98 Å². The van der Waals surface area contributed by atoms with E-state index in [2.05, 4.69) is 20.9 Å². The molecule has 0 aromatic carbocycles. The van der Waals surface area contributed by atoms with Gasteiger partial charge in [0.2, 0.25) is 0 Å². The number of aromatic amines is 1. The van der Waals surface area contributed by atoms with Gasteiger partial charge in [0.15, 0.2) is 0 Å². The number of alkyl halides is 2. The predicted molar refractivity (Wildman–Crippen MR) is 44.5 cm³/mol. The molecule has 12 heavy (non-hydrogen) atoms. The molecule has 1 rings (SSSR count). The Labute approximate surface area is 75.7 Å². The smallest absolute Gasteiger partial charge is 0.266 e. The number of pyridine rings is 1. The van der Waals surface area contributed by atoms with Gasteiger partial charge in [-0.05, 0) is 22.9 Å². The number of rotatable bonds is 1. The average molecular weight is 238 g/mol. The fourth-order valence-electron chi connectivity index (χ4n) is 0.790. The minimum Gasteiger partial charge on any atom is -0.328 e. The molecule has 1 aromatic rings. The van der Waals surface area contributed by atoms with Crippen LogP contribution in [0.25, 0.3) is 0 Å².